The summed E-state index contributed by atoms with van der Waals surface area (Å²) in [4.78, 5) is 0. The van der Waals surface area contributed by atoms with Crippen LogP contribution in [0, 0.1) is 6.92 Å². The van der Waals surface area contributed by atoms with Crippen LogP contribution in [0.25, 0.3) is 0 Å². The van der Waals surface area contributed by atoms with Crippen molar-refractivity contribution in [2.45, 2.75) is 44.1 Å². The molecule has 1 saturated carbocycles. The maximum Gasteiger partial charge on any atom is 0.0899 e. The van der Waals surface area contributed by atoms with E-state index < -0.39 is 5.60 Å². The van der Waals surface area contributed by atoms with Gasteiger partial charge in [-0.2, -0.15) is 0 Å². The topological polar surface area (TPSA) is 20.2 Å². The van der Waals surface area contributed by atoms with Gasteiger partial charge in [-0.05, 0) is 55.2 Å². The van der Waals surface area contributed by atoms with Crippen LogP contribution in [-0.2, 0) is 5.60 Å². The van der Waals surface area contributed by atoms with Crippen molar-refractivity contribution in [3.05, 3.63) is 71.3 Å². The van der Waals surface area contributed by atoms with Gasteiger partial charge in [0.15, 0.2) is 0 Å². The predicted molar refractivity (Wildman–Crippen MR) is 82.7 cm³/mol. The Balaban J connectivity index is 1.77. The summed E-state index contributed by atoms with van der Waals surface area (Å²) < 4.78 is 0. The first-order chi connectivity index (χ1) is 9.69. The van der Waals surface area contributed by atoms with Crippen molar-refractivity contribution in [1.82, 2.24) is 0 Å². The van der Waals surface area contributed by atoms with Crippen molar-refractivity contribution in [3.63, 3.8) is 0 Å². The summed E-state index contributed by atoms with van der Waals surface area (Å²) >= 11 is 0. The highest BCUT2D eigenvalue weighted by Gasteiger charge is 2.35. The zero-order valence-corrected chi connectivity index (χ0v) is 12.0. The van der Waals surface area contributed by atoms with E-state index in [-0.39, 0.29) is 0 Å². The zero-order chi connectivity index (χ0) is 14.0. The van der Waals surface area contributed by atoms with Crippen LogP contribution in [0.15, 0.2) is 54.6 Å². The molecule has 0 aliphatic heterocycles. The molecule has 1 aliphatic carbocycles. The Morgan fingerprint density at radius 3 is 2.15 bits per heavy atom. The lowest BCUT2D eigenvalue weighted by Gasteiger charge is -2.37. The standard InChI is InChI=1S/C19H22O/c1-15-7-5-6-10-18(15)19(20)13-11-17(12-14-19)16-8-3-2-4-9-16/h2-10,17,20H,11-14H2,1H3. The van der Waals surface area contributed by atoms with Crippen LogP contribution in [0.5, 0.6) is 0 Å². The first kappa shape index (κ1) is 13.4. The highest BCUT2D eigenvalue weighted by Crippen LogP contribution is 2.43. The van der Waals surface area contributed by atoms with E-state index in [0.29, 0.717) is 5.92 Å². The van der Waals surface area contributed by atoms with Gasteiger partial charge in [-0.1, -0.05) is 54.6 Å². The van der Waals surface area contributed by atoms with Gasteiger partial charge in [0.05, 0.1) is 5.60 Å². The molecule has 0 amide bonds. The molecule has 1 nitrogen and oxygen atoms in total. The zero-order valence-electron chi connectivity index (χ0n) is 12.0. The summed E-state index contributed by atoms with van der Waals surface area (Å²) in [6, 6.07) is 19.0. The molecule has 0 saturated heterocycles. The summed E-state index contributed by atoms with van der Waals surface area (Å²) in [6.45, 7) is 2.09. The second-order valence-electron chi connectivity index (χ2n) is 6.03. The SMILES string of the molecule is Cc1ccccc1C1(O)CCC(c2ccccc2)CC1. The van der Waals surface area contributed by atoms with E-state index >= 15 is 0 Å². The summed E-state index contributed by atoms with van der Waals surface area (Å²) in [5.74, 6) is 0.598. The Labute approximate surface area is 121 Å². The van der Waals surface area contributed by atoms with Gasteiger partial charge < -0.3 is 5.11 Å². The fourth-order valence-corrected chi connectivity index (χ4v) is 3.52. The Bertz CT molecular complexity index is 565. The van der Waals surface area contributed by atoms with E-state index in [1.807, 2.05) is 12.1 Å². The molecule has 20 heavy (non-hydrogen) atoms. The highest BCUT2D eigenvalue weighted by molar-refractivity contribution is 5.32. The lowest BCUT2D eigenvalue weighted by molar-refractivity contribution is -0.00619. The van der Waals surface area contributed by atoms with E-state index in [9.17, 15) is 5.11 Å². The average Bonchev–Trinajstić information content (AvgIpc) is 2.49. The first-order valence-electron chi connectivity index (χ1n) is 7.52. The van der Waals surface area contributed by atoms with Crippen molar-refractivity contribution < 1.29 is 5.11 Å². The highest BCUT2D eigenvalue weighted by atomic mass is 16.3. The Morgan fingerprint density at radius 1 is 0.900 bits per heavy atom. The molecule has 1 N–H and O–H groups in total. The van der Waals surface area contributed by atoms with Crippen LogP contribution in [0.1, 0.15) is 48.3 Å². The predicted octanol–water partition coefficient (Wildman–Crippen LogP) is 4.54. The number of rotatable bonds is 2. The fourth-order valence-electron chi connectivity index (χ4n) is 3.52. The third-order valence-corrected chi connectivity index (χ3v) is 4.73. The number of hydrogen-bond acceptors (Lipinski definition) is 1. The molecular formula is C19H22O. The monoisotopic (exact) mass is 266 g/mol. The van der Waals surface area contributed by atoms with Crippen molar-refractivity contribution in [1.29, 1.82) is 0 Å². The van der Waals surface area contributed by atoms with Crippen LogP contribution in [0.2, 0.25) is 0 Å². The van der Waals surface area contributed by atoms with Gasteiger partial charge in [0.25, 0.3) is 0 Å². The van der Waals surface area contributed by atoms with Gasteiger partial charge in [0, 0.05) is 0 Å². The van der Waals surface area contributed by atoms with E-state index in [4.69, 9.17) is 0 Å². The van der Waals surface area contributed by atoms with Gasteiger partial charge in [-0.25, -0.2) is 0 Å². The quantitative estimate of drug-likeness (QED) is 0.846. The van der Waals surface area contributed by atoms with Crippen LogP contribution in [0.3, 0.4) is 0 Å². The van der Waals surface area contributed by atoms with Crippen LogP contribution >= 0.6 is 0 Å². The van der Waals surface area contributed by atoms with E-state index in [0.717, 1.165) is 31.2 Å². The number of aryl methyl sites for hydroxylation is 1. The number of aliphatic hydroxyl groups is 1. The Hall–Kier alpha value is -1.60. The summed E-state index contributed by atoms with van der Waals surface area (Å²) in [5, 5.41) is 11.0. The van der Waals surface area contributed by atoms with E-state index in [1.54, 1.807) is 0 Å². The molecule has 104 valence electrons. The second-order valence-corrected chi connectivity index (χ2v) is 6.03. The minimum absolute atomic E-state index is 0.598. The summed E-state index contributed by atoms with van der Waals surface area (Å²) in [6.07, 6.45) is 3.85. The van der Waals surface area contributed by atoms with E-state index in [1.165, 1.54) is 11.1 Å². The molecule has 0 aromatic heterocycles. The third-order valence-electron chi connectivity index (χ3n) is 4.73. The Kier molecular flexibility index (Phi) is 3.62. The van der Waals surface area contributed by atoms with Crippen molar-refractivity contribution in [3.8, 4) is 0 Å². The lowest BCUT2D eigenvalue weighted by Crippen LogP contribution is -2.31. The minimum Gasteiger partial charge on any atom is -0.385 e. The van der Waals surface area contributed by atoms with Crippen molar-refractivity contribution >= 4 is 0 Å². The van der Waals surface area contributed by atoms with Gasteiger partial charge in [-0.3, -0.25) is 0 Å². The smallest absolute Gasteiger partial charge is 0.0899 e. The average molecular weight is 266 g/mol. The van der Waals surface area contributed by atoms with Gasteiger partial charge in [-0.15, -0.1) is 0 Å². The van der Waals surface area contributed by atoms with Crippen LogP contribution < -0.4 is 0 Å². The molecule has 0 spiro atoms. The number of hydrogen-bond donors (Lipinski definition) is 1. The lowest BCUT2D eigenvalue weighted by atomic mass is 9.72. The van der Waals surface area contributed by atoms with Gasteiger partial charge in [0.1, 0.15) is 0 Å². The van der Waals surface area contributed by atoms with Crippen molar-refractivity contribution in [2.75, 3.05) is 0 Å². The molecule has 1 fully saturated rings. The van der Waals surface area contributed by atoms with E-state index in [2.05, 4.69) is 49.4 Å². The van der Waals surface area contributed by atoms with Crippen molar-refractivity contribution in [2.24, 2.45) is 0 Å². The minimum atomic E-state index is -0.628. The maximum atomic E-state index is 11.0. The van der Waals surface area contributed by atoms with Gasteiger partial charge >= 0.3 is 0 Å². The normalized spacial score (nSPS) is 26.4. The van der Waals surface area contributed by atoms with Crippen LogP contribution in [-0.4, -0.2) is 5.11 Å². The third kappa shape index (κ3) is 2.51. The van der Waals surface area contributed by atoms with Gasteiger partial charge in [0.2, 0.25) is 0 Å². The molecule has 1 heteroatoms. The molecule has 0 heterocycles. The molecular weight excluding hydrogens is 244 g/mol. The summed E-state index contributed by atoms with van der Waals surface area (Å²) in [5.41, 5.74) is 3.11. The fraction of sp³-hybridized carbons (Fsp3) is 0.368. The number of benzene rings is 2. The molecule has 3 rings (SSSR count). The molecule has 0 radical (unpaired) electrons. The summed E-state index contributed by atoms with van der Waals surface area (Å²) in [7, 11) is 0. The Morgan fingerprint density at radius 2 is 1.50 bits per heavy atom. The van der Waals surface area contributed by atoms with Crippen LogP contribution in [0.4, 0.5) is 0 Å². The molecule has 2 aromatic rings. The second kappa shape index (κ2) is 5.41. The largest absolute Gasteiger partial charge is 0.385 e. The molecule has 0 atom stereocenters. The molecule has 0 unspecified atom stereocenters. The first-order valence-corrected chi connectivity index (χ1v) is 7.52. The molecule has 0 bridgehead atoms. The molecule has 2 aromatic carbocycles. The molecule has 1 aliphatic rings. The maximum absolute atomic E-state index is 11.0.